The van der Waals surface area contributed by atoms with Crippen molar-refractivity contribution >= 4 is 35.5 Å². The summed E-state index contributed by atoms with van der Waals surface area (Å²) in [4.78, 5) is 8.83. The van der Waals surface area contributed by atoms with Crippen molar-refractivity contribution < 1.29 is 4.57 Å². The zero-order valence-corrected chi connectivity index (χ0v) is 29.1. The molecular weight excluding hydrogens is 656 g/mol. The summed E-state index contributed by atoms with van der Waals surface area (Å²) in [6.07, 6.45) is 4.87. The van der Waals surface area contributed by atoms with Crippen molar-refractivity contribution in [2.24, 2.45) is 0 Å². The van der Waals surface area contributed by atoms with Crippen molar-refractivity contribution in [3.8, 4) is 44.5 Å². The second-order valence-corrected chi connectivity index (χ2v) is 15.2. The minimum absolute atomic E-state index is 0.531. The van der Waals surface area contributed by atoms with Crippen molar-refractivity contribution in [1.29, 1.82) is 0 Å². The van der Waals surface area contributed by atoms with E-state index in [1.807, 2.05) is 94.3 Å². The molecule has 0 spiro atoms. The van der Waals surface area contributed by atoms with Crippen molar-refractivity contribution in [2.75, 3.05) is 9.34 Å². The normalized spacial score (nSPS) is 13.2. The predicted molar refractivity (Wildman–Crippen MR) is 215 cm³/mol. The Labute approximate surface area is 303 Å². The van der Waals surface area contributed by atoms with Crippen molar-refractivity contribution in [3.05, 3.63) is 201 Å². The summed E-state index contributed by atoms with van der Waals surface area (Å²) in [5.74, 6) is 0. The van der Waals surface area contributed by atoms with Gasteiger partial charge in [-0.3, -0.25) is 13.9 Å². The molecule has 52 heavy (non-hydrogen) atoms. The monoisotopic (exact) mass is 688 g/mol. The quantitative estimate of drug-likeness (QED) is 0.156. The van der Waals surface area contributed by atoms with Gasteiger partial charge in [0, 0.05) is 12.4 Å². The Kier molecular flexibility index (Phi) is 8.04. The molecule has 7 aromatic carbocycles. The van der Waals surface area contributed by atoms with Gasteiger partial charge in [0.1, 0.15) is 6.33 Å². The molecule has 1 aromatic heterocycles. The first kappa shape index (κ1) is 31.4. The van der Waals surface area contributed by atoms with E-state index in [2.05, 4.69) is 107 Å². The van der Waals surface area contributed by atoms with Crippen molar-refractivity contribution in [3.63, 3.8) is 0 Å². The molecule has 0 N–H and O–H groups in total. The fourth-order valence-electron chi connectivity index (χ4n) is 7.12. The summed E-state index contributed by atoms with van der Waals surface area (Å²) in [7, 11) is -3.77. The van der Waals surface area contributed by atoms with E-state index in [0.29, 0.717) is 5.30 Å². The molecule has 0 fully saturated rings. The fourth-order valence-corrected chi connectivity index (χ4v) is 9.98. The molecule has 0 bridgehead atoms. The number of para-hydroxylation sites is 2. The van der Waals surface area contributed by atoms with E-state index in [9.17, 15) is 0 Å². The maximum atomic E-state index is 16.7. The first-order chi connectivity index (χ1) is 25.7. The minimum Gasteiger partial charge on any atom is -0.270 e. The number of aromatic nitrogens is 2. The molecule has 1 aliphatic heterocycles. The predicted octanol–water partition coefficient (Wildman–Crippen LogP) is 12.0. The molecule has 8 aromatic rings. The Morgan fingerprint density at radius 1 is 0.365 bits per heavy atom. The number of rotatable bonds is 7. The number of hydrogen-bond donors (Lipinski definition) is 0. The summed E-state index contributed by atoms with van der Waals surface area (Å²) in [6.45, 7) is 0. The second kappa shape index (κ2) is 13.3. The topological polar surface area (TPSA) is 49.3 Å². The van der Waals surface area contributed by atoms with Crippen LogP contribution in [-0.2, 0) is 4.57 Å². The van der Waals surface area contributed by atoms with Gasteiger partial charge in [-0.15, -0.1) is 0 Å². The molecular formula is C46H33N4OP. The molecule has 0 saturated heterocycles. The van der Waals surface area contributed by atoms with Gasteiger partial charge in [0.05, 0.1) is 28.1 Å². The Morgan fingerprint density at radius 2 is 0.673 bits per heavy atom. The lowest BCUT2D eigenvalue weighted by Crippen LogP contribution is -2.27. The number of nitrogens with zero attached hydrogens (tertiary/aromatic N) is 4. The standard InChI is InChI=1S/C46H33N4OP/c51-52(44-31-47-33-48-32-44)49(42-27-38(34-15-5-1-6-16-34)25-39(28-42)35-17-7-2-8-18-35)45-23-13-14-24-46(45)50(52)43-29-40(36-19-9-3-10-20-36)26-41(30-43)37-21-11-4-12-22-37/h1-33H. The zero-order chi connectivity index (χ0) is 34.9. The summed E-state index contributed by atoms with van der Waals surface area (Å²) in [5.41, 5.74) is 11.7. The van der Waals surface area contributed by atoms with Gasteiger partial charge in [-0.25, -0.2) is 9.97 Å². The number of hydrogen-bond acceptors (Lipinski definition) is 3. The van der Waals surface area contributed by atoms with Crippen LogP contribution in [0.25, 0.3) is 44.5 Å². The van der Waals surface area contributed by atoms with Gasteiger partial charge in [0.15, 0.2) is 0 Å². The van der Waals surface area contributed by atoms with Crippen molar-refractivity contribution in [1.82, 2.24) is 9.97 Å². The number of fused-ring (bicyclic) bond motifs is 1. The maximum Gasteiger partial charge on any atom is 0.304 e. The number of benzene rings is 7. The van der Waals surface area contributed by atoms with E-state index in [0.717, 1.165) is 67.3 Å². The molecule has 248 valence electrons. The second-order valence-electron chi connectivity index (χ2n) is 12.8. The van der Waals surface area contributed by atoms with Gasteiger partial charge in [-0.2, -0.15) is 0 Å². The third-order valence-corrected chi connectivity index (χ3v) is 12.4. The van der Waals surface area contributed by atoms with Crippen LogP contribution in [0.1, 0.15) is 0 Å². The first-order valence-corrected chi connectivity index (χ1v) is 18.9. The van der Waals surface area contributed by atoms with Gasteiger partial charge in [-0.05, 0) is 93.0 Å². The third-order valence-electron chi connectivity index (χ3n) is 9.52. The minimum atomic E-state index is -3.77. The fraction of sp³-hybridized carbons (Fsp3) is 0. The smallest absolute Gasteiger partial charge is 0.270 e. The molecule has 0 amide bonds. The Morgan fingerprint density at radius 3 is 1.00 bits per heavy atom. The van der Waals surface area contributed by atoms with Gasteiger partial charge in [-0.1, -0.05) is 133 Å². The van der Waals surface area contributed by atoms with E-state index in [1.54, 1.807) is 12.4 Å². The molecule has 1 aliphatic rings. The highest BCUT2D eigenvalue weighted by Gasteiger charge is 2.49. The van der Waals surface area contributed by atoms with Gasteiger partial charge < -0.3 is 0 Å². The highest BCUT2D eigenvalue weighted by atomic mass is 31.2. The van der Waals surface area contributed by atoms with Crippen LogP contribution in [0.5, 0.6) is 0 Å². The number of anilines is 4. The summed E-state index contributed by atoms with van der Waals surface area (Å²) in [6, 6.07) is 62.5. The van der Waals surface area contributed by atoms with Crippen LogP contribution < -0.4 is 14.6 Å². The summed E-state index contributed by atoms with van der Waals surface area (Å²) >= 11 is 0. The van der Waals surface area contributed by atoms with E-state index in [-0.39, 0.29) is 0 Å². The van der Waals surface area contributed by atoms with E-state index in [1.165, 1.54) is 6.33 Å². The highest BCUT2D eigenvalue weighted by molar-refractivity contribution is 7.76. The lowest BCUT2D eigenvalue weighted by Gasteiger charge is -2.33. The van der Waals surface area contributed by atoms with E-state index in [4.69, 9.17) is 0 Å². The molecule has 0 unspecified atom stereocenters. The largest absolute Gasteiger partial charge is 0.304 e. The average molecular weight is 689 g/mol. The molecule has 5 nitrogen and oxygen atoms in total. The average Bonchev–Trinajstić information content (AvgIpc) is 3.51. The molecule has 0 saturated carbocycles. The third kappa shape index (κ3) is 5.58. The summed E-state index contributed by atoms with van der Waals surface area (Å²) < 4.78 is 20.7. The van der Waals surface area contributed by atoms with Crippen LogP contribution in [0.3, 0.4) is 0 Å². The highest BCUT2D eigenvalue weighted by Crippen LogP contribution is 2.70. The molecule has 9 rings (SSSR count). The van der Waals surface area contributed by atoms with E-state index < -0.39 is 7.44 Å². The summed E-state index contributed by atoms with van der Waals surface area (Å²) in [5, 5.41) is 0.531. The zero-order valence-electron chi connectivity index (χ0n) is 28.2. The lowest BCUT2D eigenvalue weighted by molar-refractivity contribution is 0.582. The van der Waals surface area contributed by atoms with Gasteiger partial charge >= 0.3 is 7.44 Å². The molecule has 0 aliphatic carbocycles. The molecule has 0 atom stereocenters. The van der Waals surface area contributed by atoms with Crippen LogP contribution in [-0.4, -0.2) is 9.97 Å². The van der Waals surface area contributed by atoms with Gasteiger partial charge in [0.2, 0.25) is 0 Å². The Bertz CT molecular complexity index is 2280. The van der Waals surface area contributed by atoms with Crippen LogP contribution in [0.4, 0.5) is 22.7 Å². The van der Waals surface area contributed by atoms with Crippen LogP contribution in [0.2, 0.25) is 0 Å². The maximum absolute atomic E-state index is 16.7. The van der Waals surface area contributed by atoms with Crippen molar-refractivity contribution in [2.45, 2.75) is 0 Å². The molecule has 6 heteroatoms. The van der Waals surface area contributed by atoms with E-state index >= 15 is 4.57 Å². The van der Waals surface area contributed by atoms with Crippen LogP contribution in [0.15, 0.2) is 201 Å². The Hall–Kier alpha value is -6.55. The lowest BCUT2D eigenvalue weighted by atomic mass is 9.97. The van der Waals surface area contributed by atoms with Crippen LogP contribution >= 0.6 is 7.44 Å². The van der Waals surface area contributed by atoms with Gasteiger partial charge in [0.25, 0.3) is 0 Å². The SMILES string of the molecule is O=P1(c2cncnc2)N(c2cc(-c3ccccc3)cc(-c3ccccc3)c2)c2ccccc2N1c1cc(-c2ccccc2)cc(-c2ccccc2)c1. The van der Waals surface area contributed by atoms with Crippen LogP contribution in [0, 0.1) is 0 Å². The Balaban J connectivity index is 1.33. The molecule has 0 radical (unpaired) electrons. The first-order valence-electron chi connectivity index (χ1n) is 17.2. The molecule has 2 heterocycles.